The molecule has 0 heterocycles. The molecule has 0 saturated heterocycles. The molecule has 2 aromatic rings. The lowest BCUT2D eigenvalue weighted by molar-refractivity contribution is -0.139. The van der Waals surface area contributed by atoms with Crippen LogP contribution < -0.4 is 20.8 Å². The first-order valence-electron chi connectivity index (χ1n) is 10.2. The number of carbonyl (C=O) groups excluding carboxylic acids is 2. The summed E-state index contributed by atoms with van der Waals surface area (Å²) in [6, 6.07) is 13.5. The smallest absolute Gasteiger partial charge is 0.329 e. The van der Waals surface area contributed by atoms with Crippen molar-refractivity contribution in [2.45, 2.75) is 45.1 Å². The number of aryl methyl sites for hydroxylation is 1. The van der Waals surface area contributed by atoms with Gasteiger partial charge in [0.05, 0.1) is 19.0 Å². The maximum atomic E-state index is 12.1. The van der Waals surface area contributed by atoms with Crippen molar-refractivity contribution in [2.24, 2.45) is 5.10 Å². The summed E-state index contributed by atoms with van der Waals surface area (Å²) in [7, 11) is 1.59. The zero-order valence-electron chi connectivity index (χ0n) is 17.4. The number of hydrazone groups is 1. The molecule has 3 rings (SSSR count). The largest absolute Gasteiger partial charge is 0.495 e. The predicted octanol–water partition coefficient (Wildman–Crippen LogP) is 3.65. The topological polar surface area (TPSA) is 91.8 Å². The van der Waals surface area contributed by atoms with E-state index in [0.717, 1.165) is 42.6 Å². The zero-order valence-corrected chi connectivity index (χ0v) is 17.4. The second-order valence-corrected chi connectivity index (χ2v) is 7.37. The van der Waals surface area contributed by atoms with Gasteiger partial charge in [-0.15, -0.1) is 0 Å². The summed E-state index contributed by atoms with van der Waals surface area (Å²) in [5.41, 5.74) is 5.77. The van der Waals surface area contributed by atoms with Gasteiger partial charge in [-0.1, -0.05) is 49.6 Å². The highest BCUT2D eigenvalue weighted by atomic mass is 16.5. The van der Waals surface area contributed by atoms with E-state index in [9.17, 15) is 9.59 Å². The molecule has 3 N–H and O–H groups in total. The first-order chi connectivity index (χ1) is 14.6. The van der Waals surface area contributed by atoms with Gasteiger partial charge in [-0.3, -0.25) is 9.59 Å². The molecule has 0 unspecified atom stereocenters. The minimum absolute atomic E-state index is 0.0734. The summed E-state index contributed by atoms with van der Waals surface area (Å²) in [5, 5.41) is 10.1. The summed E-state index contributed by atoms with van der Waals surface area (Å²) in [5.74, 6) is -0.778. The number of hydrogen-bond acceptors (Lipinski definition) is 5. The van der Waals surface area contributed by atoms with Crippen LogP contribution in [0.1, 0.15) is 43.2 Å². The van der Waals surface area contributed by atoms with E-state index in [1.165, 1.54) is 12.6 Å². The van der Waals surface area contributed by atoms with Gasteiger partial charge in [0.15, 0.2) is 0 Å². The van der Waals surface area contributed by atoms with Crippen LogP contribution in [-0.4, -0.2) is 31.2 Å². The fourth-order valence-electron chi connectivity index (χ4n) is 3.52. The number of carbonyl (C=O) groups is 2. The van der Waals surface area contributed by atoms with Gasteiger partial charge in [-0.2, -0.15) is 5.10 Å². The number of nitrogens with one attached hydrogen (secondary N) is 3. The molecular weight excluding hydrogens is 380 g/mol. The molecule has 7 heteroatoms. The zero-order chi connectivity index (χ0) is 21.3. The fourth-order valence-corrected chi connectivity index (χ4v) is 3.52. The lowest BCUT2D eigenvalue weighted by Crippen LogP contribution is -2.44. The van der Waals surface area contributed by atoms with Crippen LogP contribution >= 0.6 is 0 Å². The molecule has 0 bridgehead atoms. The van der Waals surface area contributed by atoms with Crippen LogP contribution in [0.15, 0.2) is 47.6 Å². The summed E-state index contributed by atoms with van der Waals surface area (Å²) in [6.07, 6.45) is 6.67. The molecular formula is C23H28N4O3. The first-order valence-corrected chi connectivity index (χ1v) is 10.2. The van der Waals surface area contributed by atoms with Gasteiger partial charge >= 0.3 is 11.8 Å². The van der Waals surface area contributed by atoms with E-state index in [2.05, 4.69) is 21.2 Å². The van der Waals surface area contributed by atoms with Crippen molar-refractivity contribution >= 4 is 29.4 Å². The van der Waals surface area contributed by atoms with Crippen molar-refractivity contribution in [3.8, 4) is 5.75 Å². The van der Waals surface area contributed by atoms with Crippen molar-refractivity contribution in [1.29, 1.82) is 0 Å². The molecule has 0 spiro atoms. The van der Waals surface area contributed by atoms with Gasteiger partial charge in [0.2, 0.25) is 0 Å². The van der Waals surface area contributed by atoms with Crippen LogP contribution in [0.25, 0.3) is 0 Å². The minimum atomic E-state index is -0.770. The molecule has 1 aliphatic rings. The van der Waals surface area contributed by atoms with E-state index in [0.29, 0.717) is 11.3 Å². The highest BCUT2D eigenvalue weighted by Crippen LogP contribution is 2.31. The molecule has 0 aliphatic heterocycles. The molecule has 0 radical (unpaired) electrons. The molecule has 0 aromatic heterocycles. The summed E-state index contributed by atoms with van der Waals surface area (Å²) in [6.45, 7) is 2.01. The number of ether oxygens (including phenoxy) is 1. The second kappa shape index (κ2) is 10.4. The number of anilines is 2. The Bertz CT molecular complexity index is 920. The average molecular weight is 409 g/mol. The molecule has 0 atom stereocenters. The Kier molecular flexibility index (Phi) is 7.43. The van der Waals surface area contributed by atoms with E-state index in [1.807, 2.05) is 49.4 Å². The van der Waals surface area contributed by atoms with Crippen molar-refractivity contribution in [3.05, 3.63) is 53.6 Å². The molecule has 1 saturated carbocycles. The summed E-state index contributed by atoms with van der Waals surface area (Å²) < 4.78 is 5.47. The molecule has 1 fully saturated rings. The van der Waals surface area contributed by atoms with Crippen LogP contribution in [0.2, 0.25) is 0 Å². The Labute approximate surface area is 176 Å². The standard InChI is InChI=1S/C23H28N4O3/c1-16-9-6-7-13-19(16)26-21-17(10-8-14-20(21)30-2)15-24-27-23(29)22(28)25-18-11-4-3-5-12-18/h6-10,13-15,18,26H,3-5,11-12H2,1-2H3,(H,25,28)(H,27,29)/b24-15-. The predicted molar refractivity (Wildman–Crippen MR) is 118 cm³/mol. The third kappa shape index (κ3) is 5.59. The van der Waals surface area contributed by atoms with Crippen molar-refractivity contribution in [3.63, 3.8) is 0 Å². The van der Waals surface area contributed by atoms with Gasteiger partial charge in [-0.05, 0) is 37.5 Å². The van der Waals surface area contributed by atoms with Crippen LogP contribution in [0.5, 0.6) is 5.75 Å². The maximum absolute atomic E-state index is 12.1. The van der Waals surface area contributed by atoms with Gasteiger partial charge < -0.3 is 15.4 Å². The second-order valence-electron chi connectivity index (χ2n) is 7.37. The van der Waals surface area contributed by atoms with Gasteiger partial charge in [0.1, 0.15) is 5.75 Å². The van der Waals surface area contributed by atoms with E-state index in [-0.39, 0.29) is 6.04 Å². The molecule has 7 nitrogen and oxygen atoms in total. The Morgan fingerprint density at radius 3 is 2.53 bits per heavy atom. The quantitative estimate of drug-likeness (QED) is 0.387. The third-order valence-corrected chi connectivity index (χ3v) is 5.20. The average Bonchev–Trinajstić information content (AvgIpc) is 2.76. The van der Waals surface area contributed by atoms with Crippen LogP contribution in [0, 0.1) is 6.92 Å². The van der Waals surface area contributed by atoms with Crippen LogP contribution in [0.4, 0.5) is 11.4 Å². The number of hydrogen-bond donors (Lipinski definition) is 3. The number of para-hydroxylation sites is 2. The van der Waals surface area contributed by atoms with Crippen LogP contribution in [-0.2, 0) is 9.59 Å². The Morgan fingerprint density at radius 1 is 1.03 bits per heavy atom. The minimum Gasteiger partial charge on any atom is -0.495 e. The highest BCUT2D eigenvalue weighted by molar-refractivity contribution is 6.35. The number of benzene rings is 2. The molecule has 158 valence electrons. The van der Waals surface area contributed by atoms with Crippen LogP contribution in [0.3, 0.4) is 0 Å². The monoisotopic (exact) mass is 408 g/mol. The van der Waals surface area contributed by atoms with Gasteiger partial charge in [0, 0.05) is 17.3 Å². The number of amides is 2. The van der Waals surface area contributed by atoms with E-state index < -0.39 is 11.8 Å². The normalized spacial score (nSPS) is 14.3. The van der Waals surface area contributed by atoms with E-state index in [1.54, 1.807) is 7.11 Å². The molecule has 2 amide bonds. The van der Waals surface area contributed by atoms with Crippen molar-refractivity contribution < 1.29 is 14.3 Å². The third-order valence-electron chi connectivity index (χ3n) is 5.20. The fraction of sp³-hybridized carbons (Fsp3) is 0.348. The maximum Gasteiger partial charge on any atom is 0.329 e. The molecule has 1 aliphatic carbocycles. The lowest BCUT2D eigenvalue weighted by Gasteiger charge is -2.22. The first kappa shape index (κ1) is 21.4. The Hall–Kier alpha value is -3.35. The Morgan fingerprint density at radius 2 is 1.80 bits per heavy atom. The van der Waals surface area contributed by atoms with Gasteiger partial charge in [0.25, 0.3) is 0 Å². The summed E-state index contributed by atoms with van der Waals surface area (Å²) in [4.78, 5) is 24.1. The number of methoxy groups -OCH3 is 1. The van der Waals surface area contributed by atoms with Gasteiger partial charge in [-0.25, -0.2) is 5.43 Å². The number of rotatable bonds is 6. The van der Waals surface area contributed by atoms with Crippen molar-refractivity contribution in [1.82, 2.24) is 10.7 Å². The van der Waals surface area contributed by atoms with Crippen molar-refractivity contribution in [2.75, 3.05) is 12.4 Å². The van der Waals surface area contributed by atoms with E-state index >= 15 is 0 Å². The lowest BCUT2D eigenvalue weighted by atomic mass is 9.95. The molecule has 30 heavy (non-hydrogen) atoms. The highest BCUT2D eigenvalue weighted by Gasteiger charge is 2.20. The summed E-state index contributed by atoms with van der Waals surface area (Å²) >= 11 is 0. The van der Waals surface area contributed by atoms with E-state index in [4.69, 9.17) is 4.74 Å². The SMILES string of the molecule is COc1cccc(/C=N\NC(=O)C(=O)NC2CCCCC2)c1Nc1ccccc1C. The number of nitrogens with zero attached hydrogens (tertiary/aromatic N) is 1. The Balaban J connectivity index is 1.68. The molecule has 2 aromatic carbocycles.